The first-order valence-corrected chi connectivity index (χ1v) is 10.3. The molecular formula is C20H30N6O2. The van der Waals surface area contributed by atoms with Crippen LogP contribution in [-0.4, -0.2) is 49.7 Å². The number of anilines is 1. The van der Waals surface area contributed by atoms with Crippen LogP contribution in [0.5, 0.6) is 0 Å². The Hall–Kier alpha value is -2.19. The maximum absolute atomic E-state index is 12.4. The number of hydrogen-bond donors (Lipinski definition) is 2. The van der Waals surface area contributed by atoms with E-state index in [2.05, 4.69) is 20.3 Å². The highest BCUT2D eigenvalue weighted by molar-refractivity contribution is 5.39. The Bertz CT molecular complexity index is 847. The van der Waals surface area contributed by atoms with E-state index in [0.29, 0.717) is 6.04 Å². The average Bonchev–Trinajstić information content (AvgIpc) is 3.31. The molecule has 0 aromatic carbocycles. The zero-order valence-electron chi connectivity index (χ0n) is 16.5. The second-order valence-electron chi connectivity index (χ2n) is 8.01. The van der Waals surface area contributed by atoms with Crippen molar-refractivity contribution < 1.29 is 5.11 Å². The van der Waals surface area contributed by atoms with Crippen LogP contribution in [0.1, 0.15) is 50.3 Å². The van der Waals surface area contributed by atoms with Crippen LogP contribution >= 0.6 is 0 Å². The van der Waals surface area contributed by atoms with Gasteiger partial charge in [0.1, 0.15) is 5.82 Å². The average molecular weight is 387 g/mol. The van der Waals surface area contributed by atoms with E-state index in [1.165, 1.54) is 11.1 Å². The lowest BCUT2D eigenvalue weighted by Gasteiger charge is -2.37. The Morgan fingerprint density at radius 2 is 2.11 bits per heavy atom. The van der Waals surface area contributed by atoms with Crippen molar-refractivity contribution in [1.29, 1.82) is 0 Å². The molecule has 3 heterocycles. The minimum atomic E-state index is -0.474. The van der Waals surface area contributed by atoms with E-state index in [1.807, 2.05) is 30.2 Å². The van der Waals surface area contributed by atoms with Crippen LogP contribution in [0, 0.1) is 0 Å². The maximum Gasteiger partial charge on any atom is 0.267 e. The van der Waals surface area contributed by atoms with Gasteiger partial charge in [0, 0.05) is 45.0 Å². The molecule has 2 fully saturated rings. The molecule has 0 amide bonds. The largest absolute Gasteiger partial charge is 0.391 e. The monoisotopic (exact) mass is 386 g/mol. The van der Waals surface area contributed by atoms with E-state index in [1.54, 1.807) is 6.07 Å². The van der Waals surface area contributed by atoms with Crippen molar-refractivity contribution in [2.45, 2.75) is 63.3 Å². The molecule has 8 heteroatoms. The number of aliphatic hydroxyl groups is 1. The summed E-state index contributed by atoms with van der Waals surface area (Å²) in [6.45, 7) is 2.58. The summed E-state index contributed by atoms with van der Waals surface area (Å²) in [5.74, 6) is 0.839. The topological polar surface area (TPSA) is 88.2 Å². The van der Waals surface area contributed by atoms with E-state index in [4.69, 9.17) is 0 Å². The fourth-order valence-corrected chi connectivity index (χ4v) is 4.45. The normalized spacial score (nSPS) is 25.4. The predicted molar refractivity (Wildman–Crippen MR) is 107 cm³/mol. The van der Waals surface area contributed by atoms with E-state index >= 15 is 0 Å². The van der Waals surface area contributed by atoms with Gasteiger partial charge in [0.15, 0.2) is 0 Å². The van der Waals surface area contributed by atoms with Gasteiger partial charge in [0.05, 0.1) is 24.2 Å². The van der Waals surface area contributed by atoms with Crippen molar-refractivity contribution >= 4 is 5.82 Å². The number of aliphatic hydroxyl groups excluding tert-OH is 1. The van der Waals surface area contributed by atoms with Crippen molar-refractivity contribution in [3.05, 3.63) is 40.7 Å². The van der Waals surface area contributed by atoms with Gasteiger partial charge in [-0.3, -0.25) is 4.79 Å². The third-order valence-corrected chi connectivity index (χ3v) is 6.09. The van der Waals surface area contributed by atoms with Crippen LogP contribution in [0.4, 0.5) is 5.82 Å². The first kappa shape index (κ1) is 19.1. The molecule has 0 bridgehead atoms. The molecule has 152 valence electrons. The van der Waals surface area contributed by atoms with Gasteiger partial charge in [-0.25, -0.2) is 9.67 Å². The molecule has 2 aromatic heterocycles. The van der Waals surface area contributed by atoms with Gasteiger partial charge >= 0.3 is 0 Å². The Balaban J connectivity index is 1.48. The summed E-state index contributed by atoms with van der Waals surface area (Å²) in [5.41, 5.74) is 1.03. The lowest BCUT2D eigenvalue weighted by molar-refractivity contribution is 0.127. The zero-order valence-corrected chi connectivity index (χ0v) is 16.5. The number of piperidine rings is 1. The molecule has 0 radical (unpaired) electrons. The number of aromatic nitrogens is 4. The lowest BCUT2D eigenvalue weighted by atomic mass is 10.0. The van der Waals surface area contributed by atoms with Gasteiger partial charge in [0.2, 0.25) is 0 Å². The first-order valence-electron chi connectivity index (χ1n) is 10.3. The molecule has 1 aliphatic heterocycles. The number of hydrogen-bond acceptors (Lipinski definition) is 6. The fourth-order valence-electron chi connectivity index (χ4n) is 4.45. The highest BCUT2D eigenvalue weighted by atomic mass is 16.3. The Morgan fingerprint density at radius 1 is 1.21 bits per heavy atom. The smallest absolute Gasteiger partial charge is 0.267 e. The summed E-state index contributed by atoms with van der Waals surface area (Å²) in [6, 6.07) is 3.58. The molecule has 0 spiro atoms. The van der Waals surface area contributed by atoms with Crippen LogP contribution in [0.3, 0.4) is 0 Å². The summed E-state index contributed by atoms with van der Waals surface area (Å²) in [6.07, 6.45) is 9.16. The predicted octanol–water partition coefficient (Wildman–Crippen LogP) is 1.21. The fraction of sp³-hybridized carbons (Fsp3) is 0.650. The number of rotatable bonds is 6. The maximum atomic E-state index is 12.4. The third kappa shape index (κ3) is 3.98. The van der Waals surface area contributed by atoms with Crippen LogP contribution in [0.15, 0.2) is 29.5 Å². The molecule has 2 N–H and O–H groups in total. The van der Waals surface area contributed by atoms with Crippen LogP contribution in [0.2, 0.25) is 0 Å². The van der Waals surface area contributed by atoms with Gasteiger partial charge in [-0.15, -0.1) is 0 Å². The molecule has 28 heavy (non-hydrogen) atoms. The van der Waals surface area contributed by atoms with Gasteiger partial charge in [-0.1, -0.05) is 0 Å². The summed E-state index contributed by atoms with van der Waals surface area (Å²) < 4.78 is 3.54. The van der Waals surface area contributed by atoms with Gasteiger partial charge in [-0.2, -0.15) is 5.10 Å². The summed E-state index contributed by atoms with van der Waals surface area (Å²) >= 11 is 0. The molecule has 3 unspecified atom stereocenters. The van der Waals surface area contributed by atoms with E-state index < -0.39 is 6.10 Å². The number of imidazole rings is 1. The van der Waals surface area contributed by atoms with Crippen molar-refractivity contribution in [2.75, 3.05) is 18.0 Å². The summed E-state index contributed by atoms with van der Waals surface area (Å²) in [7, 11) is 2.00. The van der Waals surface area contributed by atoms with Crippen molar-refractivity contribution in [2.24, 2.45) is 7.05 Å². The van der Waals surface area contributed by atoms with Gasteiger partial charge in [0.25, 0.3) is 5.56 Å². The molecule has 1 saturated carbocycles. The molecule has 1 saturated heterocycles. The quantitative estimate of drug-likeness (QED) is 0.776. The van der Waals surface area contributed by atoms with Crippen LogP contribution < -0.4 is 15.8 Å². The Labute approximate surface area is 165 Å². The lowest BCUT2D eigenvalue weighted by Crippen LogP contribution is -2.46. The minimum absolute atomic E-state index is 0.127. The van der Waals surface area contributed by atoms with E-state index in [0.717, 1.165) is 63.3 Å². The Morgan fingerprint density at radius 3 is 2.86 bits per heavy atom. The molecular weight excluding hydrogens is 356 g/mol. The molecule has 8 nitrogen and oxygen atoms in total. The van der Waals surface area contributed by atoms with Crippen molar-refractivity contribution in [1.82, 2.24) is 24.6 Å². The van der Waals surface area contributed by atoms with Gasteiger partial charge in [-0.05, 0) is 44.6 Å². The molecule has 1 aliphatic carbocycles. The van der Waals surface area contributed by atoms with E-state index in [9.17, 15) is 9.90 Å². The number of nitrogens with one attached hydrogen (secondary N) is 1. The second-order valence-corrected chi connectivity index (χ2v) is 8.01. The third-order valence-electron chi connectivity index (χ3n) is 6.09. The molecule has 2 aliphatic rings. The number of aryl methyl sites for hydroxylation is 1. The second kappa shape index (κ2) is 8.45. The zero-order chi connectivity index (χ0) is 19.5. The SMILES string of the molecule is Cn1cncc1CNCC1CCCCN1c1ccc(=O)n(C2CCCC2O)n1. The Kier molecular flexibility index (Phi) is 5.77. The minimum Gasteiger partial charge on any atom is -0.391 e. The highest BCUT2D eigenvalue weighted by Gasteiger charge is 2.30. The molecule has 4 rings (SSSR count). The summed E-state index contributed by atoms with van der Waals surface area (Å²) in [5, 5.41) is 18.4. The van der Waals surface area contributed by atoms with Crippen LogP contribution in [-0.2, 0) is 13.6 Å². The standard InChI is InChI=1S/C20H30N6O2/c1-24-14-22-13-16(24)12-21-11-15-5-2-3-10-25(15)19-8-9-20(28)26(23-19)17-6-4-7-18(17)27/h8-9,13-15,17-18,21,27H,2-7,10-12H2,1H3. The van der Waals surface area contributed by atoms with Crippen molar-refractivity contribution in [3.8, 4) is 0 Å². The summed E-state index contributed by atoms with van der Waals surface area (Å²) in [4.78, 5) is 18.8. The van der Waals surface area contributed by atoms with E-state index in [-0.39, 0.29) is 11.6 Å². The first-order chi connectivity index (χ1) is 13.6. The molecule has 3 atom stereocenters. The number of nitrogens with zero attached hydrogens (tertiary/aromatic N) is 5. The van der Waals surface area contributed by atoms with Crippen molar-refractivity contribution in [3.63, 3.8) is 0 Å². The molecule has 2 aromatic rings. The highest BCUT2D eigenvalue weighted by Crippen LogP contribution is 2.29. The van der Waals surface area contributed by atoms with Crippen LogP contribution in [0.25, 0.3) is 0 Å². The van der Waals surface area contributed by atoms with Gasteiger partial charge < -0.3 is 19.9 Å².